The van der Waals surface area contributed by atoms with E-state index in [0.717, 1.165) is 12.2 Å². The van der Waals surface area contributed by atoms with Crippen molar-refractivity contribution < 1.29 is 9.53 Å². The standard InChI is InChI=1S/C15H16N2O2/c1-17(11-12-6-4-3-5-7-12)13-8-9-16-14(10-13)15(18)19-2/h3-10H,11H2,1-2H3. The zero-order valence-corrected chi connectivity index (χ0v) is 11.0. The number of esters is 1. The number of carbonyl (C=O) groups is 1. The lowest BCUT2D eigenvalue weighted by Crippen LogP contribution is -2.17. The Morgan fingerprint density at radius 3 is 2.68 bits per heavy atom. The lowest BCUT2D eigenvalue weighted by atomic mass is 10.2. The molecule has 2 aromatic rings. The Hall–Kier alpha value is -2.36. The predicted molar refractivity (Wildman–Crippen MR) is 74.1 cm³/mol. The number of pyridine rings is 1. The molecule has 0 atom stereocenters. The van der Waals surface area contributed by atoms with Crippen LogP contribution < -0.4 is 4.90 Å². The molecule has 1 heterocycles. The van der Waals surface area contributed by atoms with Crippen LogP contribution in [0, 0.1) is 0 Å². The van der Waals surface area contributed by atoms with Crippen LogP contribution in [-0.2, 0) is 11.3 Å². The molecular formula is C15H16N2O2. The number of rotatable bonds is 4. The SMILES string of the molecule is COC(=O)c1cc(N(C)Cc2ccccc2)ccn1. The number of benzene rings is 1. The van der Waals surface area contributed by atoms with E-state index < -0.39 is 5.97 Å². The molecule has 0 aliphatic rings. The summed E-state index contributed by atoms with van der Waals surface area (Å²) in [4.78, 5) is 17.5. The van der Waals surface area contributed by atoms with Crippen LogP contribution in [-0.4, -0.2) is 25.1 Å². The van der Waals surface area contributed by atoms with E-state index >= 15 is 0 Å². The Kier molecular flexibility index (Phi) is 4.13. The average Bonchev–Trinajstić information content (AvgIpc) is 2.47. The van der Waals surface area contributed by atoms with Crippen molar-refractivity contribution in [3.63, 3.8) is 0 Å². The van der Waals surface area contributed by atoms with Crippen LogP contribution in [0.3, 0.4) is 0 Å². The van der Waals surface area contributed by atoms with Gasteiger partial charge in [0.1, 0.15) is 5.69 Å². The normalized spacial score (nSPS) is 10.0. The van der Waals surface area contributed by atoms with Crippen molar-refractivity contribution in [3.8, 4) is 0 Å². The zero-order chi connectivity index (χ0) is 13.7. The molecule has 1 aromatic carbocycles. The Bertz CT molecular complexity index is 555. The minimum atomic E-state index is -0.421. The van der Waals surface area contributed by atoms with Gasteiger partial charge in [0.15, 0.2) is 0 Å². The maximum atomic E-state index is 11.4. The summed E-state index contributed by atoms with van der Waals surface area (Å²) in [5.41, 5.74) is 2.46. The number of ether oxygens (including phenoxy) is 1. The highest BCUT2D eigenvalue weighted by Crippen LogP contribution is 2.16. The highest BCUT2D eigenvalue weighted by atomic mass is 16.5. The molecule has 0 amide bonds. The van der Waals surface area contributed by atoms with Gasteiger partial charge in [0.25, 0.3) is 0 Å². The molecule has 0 radical (unpaired) electrons. The van der Waals surface area contributed by atoms with Crippen LogP contribution in [0.2, 0.25) is 0 Å². The monoisotopic (exact) mass is 256 g/mol. The Morgan fingerprint density at radius 1 is 1.26 bits per heavy atom. The highest BCUT2D eigenvalue weighted by molar-refractivity contribution is 5.88. The number of hydrogen-bond acceptors (Lipinski definition) is 4. The summed E-state index contributed by atoms with van der Waals surface area (Å²) in [6, 6.07) is 13.7. The number of carbonyl (C=O) groups excluding carboxylic acids is 1. The molecule has 0 unspecified atom stereocenters. The molecule has 0 aliphatic carbocycles. The first-order chi connectivity index (χ1) is 9.20. The van der Waals surface area contributed by atoms with E-state index in [2.05, 4.69) is 26.8 Å². The van der Waals surface area contributed by atoms with E-state index in [1.165, 1.54) is 12.7 Å². The van der Waals surface area contributed by atoms with Gasteiger partial charge >= 0.3 is 5.97 Å². The van der Waals surface area contributed by atoms with Crippen molar-refractivity contribution in [2.45, 2.75) is 6.54 Å². The lowest BCUT2D eigenvalue weighted by molar-refractivity contribution is 0.0594. The van der Waals surface area contributed by atoms with Gasteiger partial charge in [0.2, 0.25) is 0 Å². The van der Waals surface area contributed by atoms with Gasteiger partial charge < -0.3 is 9.64 Å². The second-order valence-electron chi connectivity index (χ2n) is 4.23. The largest absolute Gasteiger partial charge is 0.464 e. The molecule has 0 bridgehead atoms. The Balaban J connectivity index is 2.15. The van der Waals surface area contributed by atoms with Gasteiger partial charge in [-0.1, -0.05) is 30.3 Å². The molecular weight excluding hydrogens is 240 g/mol. The smallest absolute Gasteiger partial charge is 0.356 e. The molecule has 0 saturated carbocycles. The van der Waals surface area contributed by atoms with Crippen molar-refractivity contribution in [1.29, 1.82) is 0 Å². The first-order valence-electron chi connectivity index (χ1n) is 6.00. The quantitative estimate of drug-likeness (QED) is 0.788. The summed E-state index contributed by atoms with van der Waals surface area (Å²) in [5.74, 6) is -0.421. The van der Waals surface area contributed by atoms with E-state index in [1.54, 1.807) is 12.3 Å². The summed E-state index contributed by atoms with van der Waals surface area (Å²) in [7, 11) is 3.33. The van der Waals surface area contributed by atoms with Crippen molar-refractivity contribution in [1.82, 2.24) is 4.98 Å². The van der Waals surface area contributed by atoms with Crippen LogP contribution in [0.15, 0.2) is 48.7 Å². The zero-order valence-electron chi connectivity index (χ0n) is 11.0. The van der Waals surface area contributed by atoms with Gasteiger partial charge in [-0.05, 0) is 17.7 Å². The second kappa shape index (κ2) is 6.00. The lowest BCUT2D eigenvalue weighted by Gasteiger charge is -2.19. The fraction of sp³-hybridized carbons (Fsp3) is 0.200. The first-order valence-corrected chi connectivity index (χ1v) is 6.00. The van der Waals surface area contributed by atoms with Gasteiger partial charge in [0, 0.05) is 25.5 Å². The van der Waals surface area contributed by atoms with Gasteiger partial charge in [-0.3, -0.25) is 0 Å². The summed E-state index contributed by atoms with van der Waals surface area (Å²) in [6.45, 7) is 0.769. The maximum Gasteiger partial charge on any atom is 0.356 e. The summed E-state index contributed by atoms with van der Waals surface area (Å²) < 4.78 is 4.67. The van der Waals surface area contributed by atoms with E-state index in [1.807, 2.05) is 31.3 Å². The molecule has 0 aliphatic heterocycles. The molecule has 0 N–H and O–H groups in total. The van der Waals surface area contributed by atoms with E-state index in [0.29, 0.717) is 5.69 Å². The molecule has 0 fully saturated rings. The third-order valence-electron chi connectivity index (χ3n) is 2.84. The summed E-state index contributed by atoms with van der Waals surface area (Å²) >= 11 is 0. The van der Waals surface area contributed by atoms with E-state index in [9.17, 15) is 4.79 Å². The maximum absolute atomic E-state index is 11.4. The van der Waals surface area contributed by atoms with E-state index in [-0.39, 0.29) is 0 Å². The minimum Gasteiger partial charge on any atom is -0.464 e. The average molecular weight is 256 g/mol. The topological polar surface area (TPSA) is 42.4 Å². The Morgan fingerprint density at radius 2 is 2.00 bits per heavy atom. The molecule has 98 valence electrons. The van der Waals surface area contributed by atoms with Gasteiger partial charge in [-0.2, -0.15) is 0 Å². The summed E-state index contributed by atoms with van der Waals surface area (Å²) in [6.07, 6.45) is 1.61. The number of aromatic nitrogens is 1. The highest BCUT2D eigenvalue weighted by Gasteiger charge is 2.09. The van der Waals surface area contributed by atoms with Crippen LogP contribution in [0.5, 0.6) is 0 Å². The molecule has 0 spiro atoms. The number of nitrogens with zero attached hydrogens (tertiary/aromatic N) is 2. The van der Waals surface area contributed by atoms with Crippen molar-refractivity contribution >= 4 is 11.7 Å². The first kappa shape index (κ1) is 13.1. The molecule has 1 aromatic heterocycles. The fourth-order valence-corrected chi connectivity index (χ4v) is 1.82. The van der Waals surface area contributed by atoms with Gasteiger partial charge in [-0.15, -0.1) is 0 Å². The number of anilines is 1. The third-order valence-corrected chi connectivity index (χ3v) is 2.84. The van der Waals surface area contributed by atoms with E-state index in [4.69, 9.17) is 0 Å². The predicted octanol–water partition coefficient (Wildman–Crippen LogP) is 2.50. The third kappa shape index (κ3) is 3.31. The van der Waals surface area contributed by atoms with Crippen LogP contribution in [0.1, 0.15) is 16.1 Å². The van der Waals surface area contributed by atoms with Crippen molar-refractivity contribution in [3.05, 3.63) is 59.9 Å². The number of methoxy groups -OCH3 is 1. The van der Waals surface area contributed by atoms with Crippen LogP contribution >= 0.6 is 0 Å². The Labute approximate surface area is 112 Å². The van der Waals surface area contributed by atoms with Crippen molar-refractivity contribution in [2.24, 2.45) is 0 Å². The number of hydrogen-bond donors (Lipinski definition) is 0. The second-order valence-corrected chi connectivity index (χ2v) is 4.23. The molecule has 19 heavy (non-hydrogen) atoms. The van der Waals surface area contributed by atoms with Gasteiger partial charge in [-0.25, -0.2) is 9.78 Å². The van der Waals surface area contributed by atoms with Gasteiger partial charge in [0.05, 0.1) is 7.11 Å². The van der Waals surface area contributed by atoms with Crippen LogP contribution in [0.4, 0.5) is 5.69 Å². The molecule has 2 rings (SSSR count). The molecule has 4 heteroatoms. The molecule has 0 saturated heterocycles. The fourth-order valence-electron chi connectivity index (χ4n) is 1.82. The minimum absolute atomic E-state index is 0.319. The summed E-state index contributed by atoms with van der Waals surface area (Å²) in [5, 5.41) is 0. The van der Waals surface area contributed by atoms with Crippen molar-refractivity contribution in [2.75, 3.05) is 19.1 Å². The molecule has 4 nitrogen and oxygen atoms in total. The van der Waals surface area contributed by atoms with Crippen LogP contribution in [0.25, 0.3) is 0 Å².